The molecule has 0 aromatic rings. The van der Waals surface area contributed by atoms with Gasteiger partial charge in [-0.15, -0.1) is 0 Å². The van der Waals surface area contributed by atoms with Gasteiger partial charge in [0, 0.05) is 0 Å². The van der Waals surface area contributed by atoms with Crippen LogP contribution in [-0.4, -0.2) is 0 Å². The minimum atomic E-state index is 0.954. The van der Waals surface area contributed by atoms with Gasteiger partial charge in [-0.25, -0.2) is 0 Å². The largest absolute Gasteiger partial charge is 0.0651 e. The van der Waals surface area contributed by atoms with Crippen LogP contribution in [0.3, 0.4) is 0 Å². The van der Waals surface area contributed by atoms with E-state index in [1.54, 1.807) is 0 Å². The molecule has 0 heterocycles. The fourth-order valence-electron chi connectivity index (χ4n) is 2.43. The molecule has 0 radical (unpaired) electrons. The SMILES string of the molecule is CCC(C)CC1CCCCC1C. The molecule has 0 amide bonds. The van der Waals surface area contributed by atoms with Crippen LogP contribution in [0.4, 0.5) is 0 Å². The molecule has 0 aromatic heterocycles. The lowest BCUT2D eigenvalue weighted by atomic mass is 9.76. The smallest absolute Gasteiger partial charge is 0.0386 e. The van der Waals surface area contributed by atoms with Gasteiger partial charge in [0.2, 0.25) is 0 Å². The van der Waals surface area contributed by atoms with Crippen molar-refractivity contribution in [3.05, 3.63) is 0 Å². The monoisotopic (exact) mass is 168 g/mol. The molecule has 1 aliphatic rings. The van der Waals surface area contributed by atoms with Crippen LogP contribution in [0.2, 0.25) is 0 Å². The van der Waals surface area contributed by atoms with E-state index in [0.29, 0.717) is 0 Å². The highest BCUT2D eigenvalue weighted by atomic mass is 14.3. The maximum Gasteiger partial charge on any atom is -0.0386 e. The minimum Gasteiger partial charge on any atom is -0.0651 e. The summed E-state index contributed by atoms with van der Waals surface area (Å²) in [6.07, 6.45) is 8.82. The Hall–Kier alpha value is 0. The lowest BCUT2D eigenvalue weighted by molar-refractivity contribution is 0.214. The minimum absolute atomic E-state index is 0.954. The summed E-state index contributed by atoms with van der Waals surface area (Å²) in [5.41, 5.74) is 0. The average Bonchev–Trinajstić information content (AvgIpc) is 2.09. The fraction of sp³-hybridized carbons (Fsp3) is 1.00. The van der Waals surface area contributed by atoms with Crippen molar-refractivity contribution in [3.8, 4) is 0 Å². The highest BCUT2D eigenvalue weighted by Crippen LogP contribution is 2.34. The summed E-state index contributed by atoms with van der Waals surface area (Å²) in [4.78, 5) is 0. The van der Waals surface area contributed by atoms with Crippen LogP contribution >= 0.6 is 0 Å². The van der Waals surface area contributed by atoms with Gasteiger partial charge in [0.15, 0.2) is 0 Å². The quantitative estimate of drug-likeness (QED) is 0.591. The Balaban J connectivity index is 2.28. The number of hydrogen-bond acceptors (Lipinski definition) is 0. The maximum absolute atomic E-state index is 2.45. The van der Waals surface area contributed by atoms with E-state index in [4.69, 9.17) is 0 Å². The topological polar surface area (TPSA) is 0 Å². The van der Waals surface area contributed by atoms with Crippen LogP contribution < -0.4 is 0 Å². The lowest BCUT2D eigenvalue weighted by Gasteiger charge is -2.30. The van der Waals surface area contributed by atoms with Gasteiger partial charge in [-0.05, 0) is 24.2 Å². The van der Waals surface area contributed by atoms with Crippen molar-refractivity contribution in [1.29, 1.82) is 0 Å². The third-order valence-electron chi connectivity index (χ3n) is 3.69. The molecule has 0 aliphatic heterocycles. The zero-order chi connectivity index (χ0) is 8.97. The summed E-state index contributed by atoms with van der Waals surface area (Å²) in [6, 6.07) is 0. The molecule has 0 N–H and O–H groups in total. The molecule has 3 atom stereocenters. The normalized spacial score (nSPS) is 33.2. The van der Waals surface area contributed by atoms with Gasteiger partial charge >= 0.3 is 0 Å². The second-order valence-corrected chi connectivity index (χ2v) is 4.77. The highest BCUT2D eigenvalue weighted by Gasteiger charge is 2.22. The van der Waals surface area contributed by atoms with Crippen LogP contribution in [0, 0.1) is 17.8 Å². The zero-order valence-corrected chi connectivity index (χ0v) is 8.97. The molecule has 3 unspecified atom stereocenters. The predicted molar refractivity (Wildman–Crippen MR) is 55.2 cm³/mol. The van der Waals surface area contributed by atoms with E-state index in [1.165, 1.54) is 38.5 Å². The van der Waals surface area contributed by atoms with Crippen molar-refractivity contribution in [2.24, 2.45) is 17.8 Å². The van der Waals surface area contributed by atoms with E-state index < -0.39 is 0 Å². The third kappa shape index (κ3) is 2.80. The second-order valence-electron chi connectivity index (χ2n) is 4.77. The molecule has 0 saturated heterocycles. The van der Waals surface area contributed by atoms with Crippen molar-refractivity contribution in [2.75, 3.05) is 0 Å². The Morgan fingerprint density at radius 1 is 1.25 bits per heavy atom. The predicted octanol–water partition coefficient (Wildman–Crippen LogP) is 4.25. The molecule has 0 bridgehead atoms. The zero-order valence-electron chi connectivity index (χ0n) is 8.97. The molecule has 0 spiro atoms. The van der Waals surface area contributed by atoms with Gasteiger partial charge in [-0.3, -0.25) is 0 Å². The standard InChI is InChI=1S/C12H24/c1-4-10(2)9-12-8-6-5-7-11(12)3/h10-12H,4-9H2,1-3H3. The first-order valence-corrected chi connectivity index (χ1v) is 5.74. The number of hydrogen-bond donors (Lipinski definition) is 0. The fourth-order valence-corrected chi connectivity index (χ4v) is 2.43. The van der Waals surface area contributed by atoms with Gasteiger partial charge in [0.05, 0.1) is 0 Å². The van der Waals surface area contributed by atoms with Crippen LogP contribution in [0.5, 0.6) is 0 Å². The van der Waals surface area contributed by atoms with Crippen molar-refractivity contribution in [1.82, 2.24) is 0 Å². The average molecular weight is 168 g/mol. The van der Waals surface area contributed by atoms with E-state index in [2.05, 4.69) is 20.8 Å². The van der Waals surface area contributed by atoms with Crippen LogP contribution in [0.1, 0.15) is 59.3 Å². The summed E-state index contributed by atoms with van der Waals surface area (Å²) >= 11 is 0. The Morgan fingerprint density at radius 2 is 1.92 bits per heavy atom. The summed E-state index contributed by atoms with van der Waals surface area (Å²) in [5, 5.41) is 0. The molecule has 1 fully saturated rings. The molecule has 0 heteroatoms. The second kappa shape index (κ2) is 4.89. The Kier molecular flexibility index (Phi) is 4.11. The summed E-state index contributed by atoms with van der Waals surface area (Å²) < 4.78 is 0. The van der Waals surface area contributed by atoms with Gasteiger partial charge < -0.3 is 0 Å². The van der Waals surface area contributed by atoms with Crippen LogP contribution in [-0.2, 0) is 0 Å². The van der Waals surface area contributed by atoms with Gasteiger partial charge in [-0.2, -0.15) is 0 Å². The molecular weight excluding hydrogens is 144 g/mol. The highest BCUT2D eigenvalue weighted by molar-refractivity contribution is 4.73. The van der Waals surface area contributed by atoms with Crippen molar-refractivity contribution in [3.63, 3.8) is 0 Å². The van der Waals surface area contributed by atoms with Crippen LogP contribution in [0.25, 0.3) is 0 Å². The van der Waals surface area contributed by atoms with Crippen molar-refractivity contribution < 1.29 is 0 Å². The Morgan fingerprint density at radius 3 is 2.50 bits per heavy atom. The summed E-state index contributed by atoms with van der Waals surface area (Å²) in [5.74, 6) is 3.01. The first-order chi connectivity index (χ1) is 5.74. The molecule has 12 heavy (non-hydrogen) atoms. The first kappa shape index (κ1) is 10.1. The first-order valence-electron chi connectivity index (χ1n) is 5.74. The maximum atomic E-state index is 2.45. The molecule has 1 rings (SSSR count). The Bertz CT molecular complexity index is 117. The van der Waals surface area contributed by atoms with E-state index in [-0.39, 0.29) is 0 Å². The van der Waals surface area contributed by atoms with Gasteiger partial charge in [0.1, 0.15) is 0 Å². The van der Waals surface area contributed by atoms with Gasteiger partial charge in [-0.1, -0.05) is 52.9 Å². The molecule has 0 nitrogen and oxygen atoms in total. The number of rotatable bonds is 3. The summed E-state index contributed by atoms with van der Waals surface area (Å²) in [6.45, 7) is 7.17. The van der Waals surface area contributed by atoms with E-state index >= 15 is 0 Å². The molecule has 1 saturated carbocycles. The van der Waals surface area contributed by atoms with Crippen LogP contribution in [0.15, 0.2) is 0 Å². The third-order valence-corrected chi connectivity index (χ3v) is 3.69. The van der Waals surface area contributed by atoms with E-state index in [1.807, 2.05) is 0 Å². The summed E-state index contributed by atoms with van der Waals surface area (Å²) in [7, 11) is 0. The molecular formula is C12H24. The molecule has 0 aromatic carbocycles. The Labute approximate surface area is 77.7 Å². The lowest BCUT2D eigenvalue weighted by Crippen LogP contribution is -2.18. The molecule has 72 valence electrons. The van der Waals surface area contributed by atoms with E-state index in [9.17, 15) is 0 Å². The van der Waals surface area contributed by atoms with Crippen molar-refractivity contribution >= 4 is 0 Å². The van der Waals surface area contributed by atoms with Crippen molar-refractivity contribution in [2.45, 2.75) is 59.3 Å². The van der Waals surface area contributed by atoms with Gasteiger partial charge in [0.25, 0.3) is 0 Å². The van der Waals surface area contributed by atoms with E-state index in [0.717, 1.165) is 17.8 Å². The molecule has 1 aliphatic carbocycles.